The maximum atomic E-state index is 11.9. The van der Waals surface area contributed by atoms with Crippen molar-refractivity contribution in [1.82, 2.24) is 8.86 Å². The molecule has 0 aliphatic heterocycles. The van der Waals surface area contributed by atoms with Crippen molar-refractivity contribution in [2.45, 2.75) is 10.8 Å². The highest BCUT2D eigenvalue weighted by atomic mass is 32.2. The van der Waals surface area contributed by atoms with E-state index in [0.29, 0.717) is 6.54 Å². The lowest BCUT2D eigenvalue weighted by Gasteiger charge is -2.10. The molecule has 1 aromatic heterocycles. The Hall–Kier alpha value is -1.11. The van der Waals surface area contributed by atoms with Crippen LogP contribution in [-0.4, -0.2) is 27.3 Å². The van der Waals surface area contributed by atoms with Crippen molar-refractivity contribution >= 4 is 39.8 Å². The van der Waals surface area contributed by atoms with Gasteiger partial charge in [-0.25, -0.2) is 0 Å². The molecule has 0 saturated carbocycles. The molecule has 100 valence electrons. The SMILES string of the molecule is CN(C)C(=S)Sc1cc(=O)n(Cc2ccccc2)s1. The molecule has 0 aliphatic rings. The first-order valence-electron chi connectivity index (χ1n) is 5.70. The monoisotopic (exact) mass is 310 g/mol. The third kappa shape index (κ3) is 3.92. The normalized spacial score (nSPS) is 10.4. The molecule has 0 fully saturated rings. The Balaban J connectivity index is 2.13. The average molecular weight is 310 g/mol. The summed E-state index contributed by atoms with van der Waals surface area (Å²) in [5, 5.41) is 0. The second kappa shape index (κ2) is 6.36. The molecule has 2 rings (SSSR count). The van der Waals surface area contributed by atoms with Crippen LogP contribution in [0.15, 0.2) is 45.4 Å². The van der Waals surface area contributed by atoms with Crippen LogP contribution in [0.4, 0.5) is 0 Å². The van der Waals surface area contributed by atoms with Crippen LogP contribution in [0.3, 0.4) is 0 Å². The number of hydrogen-bond donors (Lipinski definition) is 0. The zero-order valence-electron chi connectivity index (χ0n) is 10.7. The molecule has 19 heavy (non-hydrogen) atoms. The quantitative estimate of drug-likeness (QED) is 0.643. The maximum Gasteiger partial charge on any atom is 0.262 e. The Morgan fingerprint density at radius 1 is 1.37 bits per heavy atom. The number of thioether (sulfide) groups is 1. The molecule has 0 spiro atoms. The summed E-state index contributed by atoms with van der Waals surface area (Å²) in [6.07, 6.45) is 0. The van der Waals surface area contributed by atoms with Crippen molar-refractivity contribution in [3.63, 3.8) is 0 Å². The van der Waals surface area contributed by atoms with E-state index in [9.17, 15) is 4.79 Å². The van der Waals surface area contributed by atoms with E-state index in [1.54, 1.807) is 10.0 Å². The van der Waals surface area contributed by atoms with Crippen LogP contribution in [0.25, 0.3) is 0 Å². The highest BCUT2D eigenvalue weighted by Gasteiger charge is 2.09. The summed E-state index contributed by atoms with van der Waals surface area (Å²) >= 11 is 8.13. The molecular weight excluding hydrogens is 296 g/mol. The molecule has 0 radical (unpaired) electrons. The van der Waals surface area contributed by atoms with E-state index in [1.165, 1.54) is 23.3 Å². The van der Waals surface area contributed by atoms with Gasteiger partial charge >= 0.3 is 0 Å². The van der Waals surface area contributed by atoms with E-state index in [0.717, 1.165) is 14.1 Å². The van der Waals surface area contributed by atoms with Crippen molar-refractivity contribution in [2.24, 2.45) is 0 Å². The molecule has 0 aliphatic carbocycles. The third-order valence-corrected chi connectivity index (χ3v) is 5.18. The minimum absolute atomic E-state index is 0.0258. The topological polar surface area (TPSA) is 25.2 Å². The highest BCUT2D eigenvalue weighted by molar-refractivity contribution is 8.23. The Kier molecular flexibility index (Phi) is 4.79. The van der Waals surface area contributed by atoms with Gasteiger partial charge in [-0.1, -0.05) is 42.5 Å². The first-order chi connectivity index (χ1) is 9.06. The van der Waals surface area contributed by atoms with Crippen LogP contribution >= 0.6 is 35.5 Å². The Labute approximate surface area is 126 Å². The third-order valence-electron chi connectivity index (χ3n) is 2.41. The number of benzene rings is 1. The zero-order valence-corrected chi connectivity index (χ0v) is 13.1. The van der Waals surface area contributed by atoms with Gasteiger partial charge in [-0.15, -0.1) is 0 Å². The van der Waals surface area contributed by atoms with Crippen LogP contribution in [-0.2, 0) is 6.54 Å². The van der Waals surface area contributed by atoms with E-state index in [-0.39, 0.29) is 5.56 Å². The average Bonchev–Trinajstić information content (AvgIpc) is 2.71. The van der Waals surface area contributed by atoms with Gasteiger partial charge in [0.15, 0.2) is 0 Å². The van der Waals surface area contributed by atoms with Gasteiger partial charge in [-0.3, -0.25) is 8.75 Å². The second-order valence-electron chi connectivity index (χ2n) is 4.18. The Morgan fingerprint density at radius 3 is 2.68 bits per heavy atom. The van der Waals surface area contributed by atoms with Gasteiger partial charge in [-0.05, 0) is 28.9 Å². The second-order valence-corrected chi connectivity index (χ2v) is 7.17. The fraction of sp³-hybridized carbons (Fsp3) is 0.231. The van der Waals surface area contributed by atoms with Gasteiger partial charge in [0.25, 0.3) is 5.56 Å². The van der Waals surface area contributed by atoms with E-state index < -0.39 is 0 Å². The lowest BCUT2D eigenvalue weighted by Crippen LogP contribution is -2.15. The summed E-state index contributed by atoms with van der Waals surface area (Å²) in [6, 6.07) is 11.6. The predicted octanol–water partition coefficient (Wildman–Crippen LogP) is 2.90. The summed E-state index contributed by atoms with van der Waals surface area (Å²) in [6.45, 7) is 0.611. The number of aromatic nitrogens is 1. The fourth-order valence-electron chi connectivity index (χ4n) is 1.44. The molecule has 0 saturated heterocycles. The van der Waals surface area contributed by atoms with Crippen molar-refractivity contribution in [3.05, 3.63) is 52.3 Å². The number of hydrogen-bond acceptors (Lipinski definition) is 4. The van der Waals surface area contributed by atoms with Gasteiger partial charge in [0.2, 0.25) is 0 Å². The molecule has 0 unspecified atom stereocenters. The van der Waals surface area contributed by atoms with E-state index >= 15 is 0 Å². The largest absolute Gasteiger partial charge is 0.363 e. The van der Waals surface area contributed by atoms with Crippen molar-refractivity contribution in [1.29, 1.82) is 0 Å². The zero-order chi connectivity index (χ0) is 13.8. The molecule has 0 N–H and O–H groups in total. The van der Waals surface area contributed by atoms with E-state index in [1.807, 2.05) is 49.3 Å². The molecule has 0 bridgehead atoms. The highest BCUT2D eigenvalue weighted by Crippen LogP contribution is 2.24. The Morgan fingerprint density at radius 2 is 2.05 bits per heavy atom. The molecule has 0 amide bonds. The van der Waals surface area contributed by atoms with Crippen molar-refractivity contribution < 1.29 is 0 Å². The Bertz CT molecular complexity index is 616. The van der Waals surface area contributed by atoms with Gasteiger partial charge < -0.3 is 4.90 Å². The van der Waals surface area contributed by atoms with Gasteiger partial charge in [0.1, 0.15) is 4.32 Å². The summed E-state index contributed by atoms with van der Waals surface area (Å²) in [5.74, 6) is 0. The number of nitrogens with zero attached hydrogens (tertiary/aromatic N) is 2. The van der Waals surface area contributed by atoms with Gasteiger partial charge in [0, 0.05) is 20.2 Å². The first kappa shape index (κ1) is 14.3. The summed E-state index contributed by atoms with van der Waals surface area (Å²) in [4.78, 5) is 13.8. The molecule has 3 nitrogen and oxygen atoms in total. The first-order valence-corrected chi connectivity index (χ1v) is 7.70. The van der Waals surface area contributed by atoms with Gasteiger partial charge in [-0.2, -0.15) is 0 Å². The lowest BCUT2D eigenvalue weighted by molar-refractivity contribution is 0.648. The van der Waals surface area contributed by atoms with Crippen molar-refractivity contribution in [3.8, 4) is 0 Å². The number of thiocarbonyl (C=S) groups is 1. The van der Waals surface area contributed by atoms with Gasteiger partial charge in [0.05, 0.1) is 10.8 Å². The summed E-state index contributed by atoms with van der Waals surface area (Å²) in [7, 11) is 3.80. The summed E-state index contributed by atoms with van der Waals surface area (Å²) in [5.41, 5.74) is 1.15. The molecule has 6 heteroatoms. The molecule has 2 aromatic rings. The molecular formula is C13H14N2OS3. The number of rotatable bonds is 3. The smallest absolute Gasteiger partial charge is 0.262 e. The molecule has 1 heterocycles. The van der Waals surface area contributed by atoms with E-state index in [4.69, 9.17) is 12.2 Å². The predicted molar refractivity (Wildman–Crippen MR) is 86.3 cm³/mol. The van der Waals surface area contributed by atoms with Crippen LogP contribution in [0.2, 0.25) is 0 Å². The summed E-state index contributed by atoms with van der Waals surface area (Å²) < 4.78 is 3.43. The van der Waals surface area contributed by atoms with Crippen LogP contribution in [0.1, 0.15) is 5.56 Å². The minimum atomic E-state index is 0.0258. The van der Waals surface area contributed by atoms with Crippen molar-refractivity contribution in [2.75, 3.05) is 14.1 Å². The molecule has 0 atom stereocenters. The minimum Gasteiger partial charge on any atom is -0.363 e. The standard InChI is InChI=1S/C13H14N2OS3/c1-14(2)13(17)18-12-8-11(16)15(19-12)9-10-6-4-3-5-7-10/h3-8H,9H2,1-2H3. The fourth-order valence-corrected chi connectivity index (χ4v) is 3.76. The maximum absolute atomic E-state index is 11.9. The lowest BCUT2D eigenvalue weighted by atomic mass is 10.2. The molecule has 1 aromatic carbocycles. The van der Waals surface area contributed by atoms with Crippen LogP contribution in [0.5, 0.6) is 0 Å². The van der Waals surface area contributed by atoms with Crippen LogP contribution < -0.4 is 5.56 Å². The van der Waals surface area contributed by atoms with E-state index in [2.05, 4.69) is 0 Å². The van der Waals surface area contributed by atoms with Crippen LogP contribution in [0, 0.1) is 0 Å².